The fraction of sp³-hybridized carbons (Fsp3) is 0.222. The van der Waals surface area contributed by atoms with E-state index >= 15 is 0 Å². The summed E-state index contributed by atoms with van der Waals surface area (Å²) in [4.78, 5) is 32.5. The van der Waals surface area contributed by atoms with Crippen LogP contribution in [-0.2, 0) is 4.79 Å². The topological polar surface area (TPSA) is 76.4 Å². The van der Waals surface area contributed by atoms with Crippen molar-refractivity contribution in [3.63, 3.8) is 0 Å². The molecule has 0 fully saturated rings. The Morgan fingerprint density at radius 1 is 1.16 bits per heavy atom. The van der Waals surface area contributed by atoms with Crippen LogP contribution in [0.5, 0.6) is 0 Å². The van der Waals surface area contributed by atoms with Gasteiger partial charge in [-0.15, -0.1) is 0 Å². The van der Waals surface area contributed by atoms with Gasteiger partial charge in [0.1, 0.15) is 5.65 Å². The number of nitrogens with one attached hydrogen (secondary N) is 1. The summed E-state index contributed by atoms with van der Waals surface area (Å²) in [7, 11) is 0. The van der Waals surface area contributed by atoms with Crippen LogP contribution in [0.25, 0.3) is 5.65 Å². The molecule has 3 aromatic rings. The standard InChI is InChI=1S/C18H18N4O2S/c1-11-6-7-14(13(3)9-11)19-15(23)10-25-17-20-16-12(2)5-4-8-22(16)18(24)21-17/h4-9H,10H2,1-3H3,(H,19,23). The van der Waals surface area contributed by atoms with Gasteiger partial charge in [0.2, 0.25) is 5.91 Å². The minimum absolute atomic E-state index is 0.134. The molecule has 0 saturated carbocycles. The lowest BCUT2D eigenvalue weighted by Crippen LogP contribution is -2.20. The molecule has 0 aliphatic heterocycles. The molecule has 1 N–H and O–H groups in total. The van der Waals surface area contributed by atoms with E-state index in [1.54, 1.807) is 12.3 Å². The van der Waals surface area contributed by atoms with Crippen molar-refractivity contribution in [2.45, 2.75) is 25.9 Å². The van der Waals surface area contributed by atoms with Crippen molar-refractivity contribution in [2.75, 3.05) is 11.1 Å². The summed E-state index contributed by atoms with van der Waals surface area (Å²) in [6.45, 7) is 5.83. The summed E-state index contributed by atoms with van der Waals surface area (Å²) in [5.74, 6) is -0.0278. The van der Waals surface area contributed by atoms with E-state index in [0.717, 1.165) is 34.1 Å². The molecular weight excluding hydrogens is 336 g/mol. The molecule has 2 heterocycles. The maximum Gasteiger partial charge on any atom is 0.355 e. The maximum absolute atomic E-state index is 12.2. The maximum atomic E-state index is 12.2. The molecule has 6 nitrogen and oxygen atoms in total. The van der Waals surface area contributed by atoms with Gasteiger partial charge in [-0.05, 0) is 44.0 Å². The van der Waals surface area contributed by atoms with E-state index in [4.69, 9.17) is 0 Å². The van der Waals surface area contributed by atoms with Crippen LogP contribution < -0.4 is 11.0 Å². The molecule has 0 aliphatic rings. The van der Waals surface area contributed by atoms with Crippen LogP contribution in [0.1, 0.15) is 16.7 Å². The Morgan fingerprint density at radius 2 is 1.96 bits per heavy atom. The number of pyridine rings is 1. The first-order chi connectivity index (χ1) is 11.9. The first-order valence-electron chi connectivity index (χ1n) is 7.80. The van der Waals surface area contributed by atoms with E-state index in [-0.39, 0.29) is 11.7 Å². The SMILES string of the molecule is Cc1ccc(NC(=O)CSc2nc(=O)n3cccc(C)c3n2)c(C)c1. The zero-order valence-electron chi connectivity index (χ0n) is 14.2. The number of nitrogens with zero attached hydrogens (tertiary/aromatic N) is 3. The largest absolute Gasteiger partial charge is 0.355 e. The summed E-state index contributed by atoms with van der Waals surface area (Å²) in [6, 6.07) is 9.50. The minimum Gasteiger partial charge on any atom is -0.325 e. The molecule has 7 heteroatoms. The van der Waals surface area contributed by atoms with Gasteiger partial charge in [0.05, 0.1) is 5.75 Å². The van der Waals surface area contributed by atoms with E-state index in [9.17, 15) is 9.59 Å². The lowest BCUT2D eigenvalue weighted by Gasteiger charge is -2.09. The van der Waals surface area contributed by atoms with Gasteiger partial charge in [-0.2, -0.15) is 4.98 Å². The quantitative estimate of drug-likeness (QED) is 0.729. The number of carbonyl (C=O) groups excluding carboxylic acids is 1. The van der Waals surface area contributed by atoms with E-state index in [1.807, 2.05) is 45.0 Å². The Kier molecular flexibility index (Phi) is 4.85. The molecule has 0 unspecified atom stereocenters. The molecule has 0 radical (unpaired) electrons. The highest BCUT2D eigenvalue weighted by atomic mass is 32.2. The first kappa shape index (κ1) is 17.2. The second-order valence-electron chi connectivity index (χ2n) is 5.83. The third-order valence-corrected chi connectivity index (χ3v) is 4.60. The molecule has 0 aliphatic carbocycles. The van der Waals surface area contributed by atoms with Crippen LogP contribution in [0.4, 0.5) is 5.69 Å². The van der Waals surface area contributed by atoms with Gasteiger partial charge < -0.3 is 5.32 Å². The second kappa shape index (κ2) is 7.06. The summed E-state index contributed by atoms with van der Waals surface area (Å²) in [5, 5.41) is 3.17. The molecule has 128 valence electrons. The predicted octanol–water partition coefficient (Wildman–Crippen LogP) is 2.75. The summed E-state index contributed by atoms with van der Waals surface area (Å²) in [5.41, 5.74) is 3.97. The smallest absolute Gasteiger partial charge is 0.325 e. The first-order valence-corrected chi connectivity index (χ1v) is 8.78. The highest BCUT2D eigenvalue weighted by molar-refractivity contribution is 7.99. The molecule has 2 aromatic heterocycles. The van der Waals surface area contributed by atoms with Crippen molar-refractivity contribution in [1.29, 1.82) is 0 Å². The number of anilines is 1. The van der Waals surface area contributed by atoms with Crippen LogP contribution in [0.2, 0.25) is 0 Å². The molecule has 0 saturated heterocycles. The molecule has 25 heavy (non-hydrogen) atoms. The monoisotopic (exact) mass is 354 g/mol. The van der Waals surface area contributed by atoms with Gasteiger partial charge in [0, 0.05) is 11.9 Å². The van der Waals surface area contributed by atoms with E-state index in [1.165, 1.54) is 4.40 Å². The van der Waals surface area contributed by atoms with Crippen molar-refractivity contribution < 1.29 is 4.79 Å². The number of amides is 1. The van der Waals surface area contributed by atoms with Crippen LogP contribution in [0, 0.1) is 20.8 Å². The summed E-state index contributed by atoms with van der Waals surface area (Å²) in [6.07, 6.45) is 1.63. The van der Waals surface area contributed by atoms with Crippen molar-refractivity contribution in [1.82, 2.24) is 14.4 Å². The molecule has 0 atom stereocenters. The average Bonchev–Trinajstić information content (AvgIpc) is 2.57. The molecular formula is C18H18N4O2S. The van der Waals surface area contributed by atoms with Crippen molar-refractivity contribution in [2.24, 2.45) is 0 Å². The Hall–Kier alpha value is -2.67. The van der Waals surface area contributed by atoms with Crippen molar-refractivity contribution >= 4 is 29.0 Å². The average molecular weight is 354 g/mol. The fourth-order valence-electron chi connectivity index (χ4n) is 2.49. The van der Waals surface area contributed by atoms with Crippen LogP contribution in [0.3, 0.4) is 0 Å². The number of benzene rings is 1. The molecule has 0 spiro atoms. The number of aryl methyl sites for hydroxylation is 3. The zero-order chi connectivity index (χ0) is 18.0. The Morgan fingerprint density at radius 3 is 2.72 bits per heavy atom. The van der Waals surface area contributed by atoms with Crippen molar-refractivity contribution in [3.05, 3.63) is 63.7 Å². The predicted molar refractivity (Wildman–Crippen MR) is 99.3 cm³/mol. The van der Waals surface area contributed by atoms with Gasteiger partial charge in [0.15, 0.2) is 5.16 Å². The number of aromatic nitrogens is 3. The lowest BCUT2D eigenvalue weighted by atomic mass is 10.1. The number of rotatable bonds is 4. The van der Waals surface area contributed by atoms with Gasteiger partial charge in [-0.25, -0.2) is 9.78 Å². The Balaban J connectivity index is 1.73. The van der Waals surface area contributed by atoms with Crippen LogP contribution in [0.15, 0.2) is 46.5 Å². The second-order valence-corrected chi connectivity index (χ2v) is 6.77. The summed E-state index contributed by atoms with van der Waals surface area (Å²) >= 11 is 1.15. The van der Waals surface area contributed by atoms with Gasteiger partial charge in [0.25, 0.3) is 0 Å². The number of carbonyl (C=O) groups is 1. The third kappa shape index (κ3) is 3.88. The zero-order valence-corrected chi connectivity index (χ0v) is 15.1. The van der Waals surface area contributed by atoms with Crippen LogP contribution >= 0.6 is 11.8 Å². The number of thioether (sulfide) groups is 1. The van der Waals surface area contributed by atoms with Crippen LogP contribution in [-0.4, -0.2) is 26.0 Å². The van der Waals surface area contributed by atoms with Gasteiger partial charge in [-0.1, -0.05) is 35.5 Å². The molecule has 0 bridgehead atoms. The fourth-order valence-corrected chi connectivity index (χ4v) is 3.12. The van der Waals surface area contributed by atoms with Gasteiger partial charge in [-0.3, -0.25) is 9.20 Å². The highest BCUT2D eigenvalue weighted by Crippen LogP contribution is 2.18. The summed E-state index contributed by atoms with van der Waals surface area (Å²) < 4.78 is 1.40. The number of fused-ring (bicyclic) bond motifs is 1. The lowest BCUT2D eigenvalue weighted by molar-refractivity contribution is -0.113. The number of hydrogen-bond donors (Lipinski definition) is 1. The van der Waals surface area contributed by atoms with Gasteiger partial charge >= 0.3 is 5.69 Å². The highest BCUT2D eigenvalue weighted by Gasteiger charge is 2.10. The molecule has 1 amide bonds. The van der Waals surface area contributed by atoms with E-state index < -0.39 is 5.69 Å². The Labute approximate surface area is 149 Å². The minimum atomic E-state index is -0.397. The third-order valence-electron chi connectivity index (χ3n) is 3.75. The van der Waals surface area contributed by atoms with Crippen molar-refractivity contribution in [3.8, 4) is 0 Å². The molecule has 3 rings (SSSR count). The van der Waals surface area contributed by atoms with E-state index in [2.05, 4.69) is 15.3 Å². The normalized spacial score (nSPS) is 10.8. The number of hydrogen-bond acceptors (Lipinski definition) is 5. The Bertz CT molecular complexity index is 1010. The molecule has 1 aromatic carbocycles. The van der Waals surface area contributed by atoms with E-state index in [0.29, 0.717) is 10.8 Å².